The van der Waals surface area contributed by atoms with E-state index in [9.17, 15) is 19.7 Å². The number of carbonyl (C=O) groups is 2. The molecule has 2 rings (SSSR count). The summed E-state index contributed by atoms with van der Waals surface area (Å²) in [6.07, 6.45) is 5.16. The highest BCUT2D eigenvalue weighted by Gasteiger charge is 2.18. The average molecular weight is 346 g/mol. The summed E-state index contributed by atoms with van der Waals surface area (Å²) in [5.74, 6) is -0.763. The number of amides is 1. The first-order chi connectivity index (χ1) is 12.0. The number of esters is 1. The monoisotopic (exact) mass is 346 g/mol. The molecule has 0 atom stereocenters. The van der Waals surface area contributed by atoms with Crippen molar-refractivity contribution in [3.63, 3.8) is 0 Å². The molecular weight excluding hydrogens is 328 g/mol. The van der Waals surface area contributed by atoms with Crippen molar-refractivity contribution in [2.24, 2.45) is 0 Å². The number of hydrogen-bond donors (Lipinski definition) is 1. The lowest BCUT2D eigenvalue weighted by molar-refractivity contribution is -0.384. The Bertz CT molecular complexity index is 758. The van der Waals surface area contributed by atoms with E-state index in [0.717, 1.165) is 0 Å². The van der Waals surface area contributed by atoms with E-state index < -0.39 is 10.8 Å². The molecule has 0 fully saturated rings. The number of aromatic nitrogens is 2. The summed E-state index contributed by atoms with van der Waals surface area (Å²) in [6, 6.07) is 4.21. The van der Waals surface area contributed by atoms with Crippen LogP contribution < -0.4 is 5.32 Å². The van der Waals surface area contributed by atoms with Gasteiger partial charge in [0.1, 0.15) is 5.69 Å². The summed E-state index contributed by atoms with van der Waals surface area (Å²) in [5.41, 5.74) is 0.297. The lowest BCUT2D eigenvalue weighted by atomic mass is 10.1. The van der Waals surface area contributed by atoms with Crippen LogP contribution in [0, 0.1) is 10.1 Å². The highest BCUT2D eigenvalue weighted by molar-refractivity contribution is 5.95. The normalized spacial score (nSPS) is 10.3. The third-order valence-corrected chi connectivity index (χ3v) is 3.37. The van der Waals surface area contributed by atoms with Crippen LogP contribution in [0.3, 0.4) is 0 Å². The van der Waals surface area contributed by atoms with E-state index in [1.165, 1.54) is 35.3 Å². The Balaban J connectivity index is 2.02. The molecule has 0 aliphatic rings. The minimum atomic E-state index is -0.549. The molecule has 0 spiro atoms. The zero-order chi connectivity index (χ0) is 18.2. The number of imidazole rings is 1. The van der Waals surface area contributed by atoms with Crippen LogP contribution in [-0.4, -0.2) is 39.5 Å². The Morgan fingerprint density at radius 3 is 2.84 bits per heavy atom. The van der Waals surface area contributed by atoms with E-state index in [0.29, 0.717) is 18.7 Å². The Labute approximate surface area is 143 Å². The SMILES string of the molecule is CCOC(=O)CCCNC(=O)c1ccc(-n2ccnc2)c([N+](=O)[O-])c1. The van der Waals surface area contributed by atoms with Crippen molar-refractivity contribution < 1.29 is 19.2 Å². The predicted molar refractivity (Wildman–Crippen MR) is 88.4 cm³/mol. The smallest absolute Gasteiger partial charge is 0.305 e. The first-order valence-electron chi connectivity index (χ1n) is 7.73. The maximum atomic E-state index is 12.1. The van der Waals surface area contributed by atoms with Crippen molar-refractivity contribution in [1.29, 1.82) is 0 Å². The van der Waals surface area contributed by atoms with Crippen molar-refractivity contribution in [1.82, 2.24) is 14.9 Å². The van der Waals surface area contributed by atoms with Gasteiger partial charge in [0.15, 0.2) is 0 Å². The number of carbonyl (C=O) groups excluding carboxylic acids is 2. The standard InChI is InChI=1S/C16H18N4O5/c1-2-25-15(21)4-3-7-18-16(22)12-5-6-13(14(10-12)20(23)24)19-9-8-17-11-19/h5-6,8-11H,2-4,7H2,1H3,(H,18,22). The second-order valence-corrected chi connectivity index (χ2v) is 5.10. The summed E-state index contributed by atoms with van der Waals surface area (Å²) in [5, 5.41) is 13.9. The Hall–Kier alpha value is -3.23. The molecule has 0 unspecified atom stereocenters. The number of rotatable bonds is 8. The number of nitrogens with zero attached hydrogens (tertiary/aromatic N) is 3. The van der Waals surface area contributed by atoms with Gasteiger partial charge in [-0.05, 0) is 25.5 Å². The summed E-state index contributed by atoms with van der Waals surface area (Å²) >= 11 is 0. The van der Waals surface area contributed by atoms with Gasteiger partial charge in [-0.2, -0.15) is 0 Å². The molecule has 0 saturated carbocycles. The molecule has 0 aliphatic heterocycles. The lowest BCUT2D eigenvalue weighted by Gasteiger charge is -2.08. The zero-order valence-corrected chi connectivity index (χ0v) is 13.7. The number of ether oxygens (including phenoxy) is 1. The van der Waals surface area contributed by atoms with Crippen LogP contribution in [-0.2, 0) is 9.53 Å². The predicted octanol–water partition coefficient (Wildman–Crippen LogP) is 1.85. The third-order valence-electron chi connectivity index (χ3n) is 3.37. The number of benzene rings is 1. The van der Waals surface area contributed by atoms with Gasteiger partial charge >= 0.3 is 5.97 Å². The Morgan fingerprint density at radius 2 is 2.20 bits per heavy atom. The average Bonchev–Trinajstić information content (AvgIpc) is 3.12. The minimum absolute atomic E-state index is 0.173. The molecule has 1 amide bonds. The second kappa shape index (κ2) is 8.57. The molecule has 0 radical (unpaired) electrons. The number of hydrogen-bond acceptors (Lipinski definition) is 6. The molecule has 0 bridgehead atoms. The van der Waals surface area contributed by atoms with Crippen molar-refractivity contribution in [2.45, 2.75) is 19.8 Å². The van der Waals surface area contributed by atoms with E-state index in [4.69, 9.17) is 4.74 Å². The van der Waals surface area contributed by atoms with E-state index in [1.807, 2.05) is 0 Å². The van der Waals surface area contributed by atoms with E-state index in [2.05, 4.69) is 10.3 Å². The van der Waals surface area contributed by atoms with Gasteiger partial charge in [0.05, 0.1) is 17.9 Å². The summed E-state index contributed by atoms with van der Waals surface area (Å²) in [7, 11) is 0. The number of nitrogens with one attached hydrogen (secondary N) is 1. The minimum Gasteiger partial charge on any atom is -0.466 e. The van der Waals surface area contributed by atoms with Gasteiger partial charge in [-0.25, -0.2) is 4.98 Å². The summed E-state index contributed by atoms with van der Waals surface area (Å²) in [6.45, 7) is 2.31. The van der Waals surface area contributed by atoms with Crippen LogP contribution in [0.2, 0.25) is 0 Å². The highest BCUT2D eigenvalue weighted by atomic mass is 16.6. The molecule has 0 saturated heterocycles. The second-order valence-electron chi connectivity index (χ2n) is 5.10. The zero-order valence-electron chi connectivity index (χ0n) is 13.7. The molecule has 25 heavy (non-hydrogen) atoms. The fourth-order valence-corrected chi connectivity index (χ4v) is 2.20. The Morgan fingerprint density at radius 1 is 1.40 bits per heavy atom. The molecule has 1 aromatic carbocycles. The van der Waals surface area contributed by atoms with Crippen molar-refractivity contribution in [2.75, 3.05) is 13.2 Å². The van der Waals surface area contributed by atoms with Crippen molar-refractivity contribution >= 4 is 17.6 Å². The number of nitro groups is 1. The molecule has 1 aromatic heterocycles. The topological polar surface area (TPSA) is 116 Å². The first-order valence-corrected chi connectivity index (χ1v) is 7.73. The number of nitro benzene ring substituents is 1. The van der Waals surface area contributed by atoms with Gasteiger partial charge < -0.3 is 14.6 Å². The van der Waals surface area contributed by atoms with Crippen molar-refractivity contribution in [3.8, 4) is 5.69 Å². The largest absolute Gasteiger partial charge is 0.466 e. The molecule has 1 heterocycles. The van der Waals surface area contributed by atoms with Crippen LogP contribution >= 0.6 is 0 Å². The molecule has 2 aromatic rings. The summed E-state index contributed by atoms with van der Waals surface area (Å²) in [4.78, 5) is 37.9. The van der Waals surface area contributed by atoms with Gasteiger partial charge in [-0.15, -0.1) is 0 Å². The maximum Gasteiger partial charge on any atom is 0.305 e. The van der Waals surface area contributed by atoms with Crippen LogP contribution in [0.25, 0.3) is 5.69 Å². The van der Waals surface area contributed by atoms with E-state index in [-0.39, 0.29) is 30.2 Å². The van der Waals surface area contributed by atoms with Crippen LogP contribution in [0.5, 0.6) is 0 Å². The van der Waals surface area contributed by atoms with Gasteiger partial charge in [-0.1, -0.05) is 0 Å². The van der Waals surface area contributed by atoms with Crippen LogP contribution in [0.1, 0.15) is 30.1 Å². The van der Waals surface area contributed by atoms with Gasteiger partial charge in [0.25, 0.3) is 11.6 Å². The fraction of sp³-hybridized carbons (Fsp3) is 0.312. The van der Waals surface area contributed by atoms with E-state index in [1.54, 1.807) is 13.1 Å². The fourth-order valence-electron chi connectivity index (χ4n) is 2.20. The van der Waals surface area contributed by atoms with Crippen molar-refractivity contribution in [3.05, 3.63) is 52.6 Å². The quantitative estimate of drug-likeness (QED) is 0.337. The third kappa shape index (κ3) is 4.87. The molecular formula is C16H18N4O5. The molecule has 0 aliphatic carbocycles. The first kappa shape index (κ1) is 18.1. The van der Waals surface area contributed by atoms with E-state index >= 15 is 0 Å². The molecule has 132 valence electrons. The van der Waals surface area contributed by atoms with Gasteiger partial charge in [0, 0.05) is 37.0 Å². The Kier molecular flexibility index (Phi) is 6.21. The molecule has 1 N–H and O–H groups in total. The maximum absolute atomic E-state index is 12.1. The highest BCUT2D eigenvalue weighted by Crippen LogP contribution is 2.24. The van der Waals surface area contributed by atoms with Crippen LogP contribution in [0.4, 0.5) is 5.69 Å². The van der Waals surface area contributed by atoms with Gasteiger partial charge in [-0.3, -0.25) is 19.7 Å². The molecule has 9 nitrogen and oxygen atoms in total. The lowest BCUT2D eigenvalue weighted by Crippen LogP contribution is -2.25. The molecule has 9 heteroatoms. The van der Waals surface area contributed by atoms with Crippen LogP contribution in [0.15, 0.2) is 36.9 Å². The van der Waals surface area contributed by atoms with Gasteiger partial charge in [0.2, 0.25) is 0 Å². The summed E-state index contributed by atoms with van der Waals surface area (Å²) < 4.78 is 6.29.